The van der Waals surface area contributed by atoms with Gasteiger partial charge < -0.3 is 16.0 Å². The van der Waals surface area contributed by atoms with E-state index in [1.165, 1.54) is 5.56 Å². The molecule has 0 aromatic heterocycles. The number of rotatable bonds is 7. The molecule has 0 fully saturated rings. The molecule has 0 heterocycles. The maximum absolute atomic E-state index is 12.4. The third-order valence-corrected chi connectivity index (χ3v) is 2.44. The summed E-state index contributed by atoms with van der Waals surface area (Å²) >= 11 is 0. The number of nitrogens with zero attached hydrogens (tertiary/aromatic N) is 1. The van der Waals surface area contributed by atoms with E-state index in [0.717, 1.165) is 25.2 Å². The lowest BCUT2D eigenvalue weighted by atomic mass is 10.2. The summed E-state index contributed by atoms with van der Waals surface area (Å²) in [5, 5.41) is 3.30. The zero-order valence-corrected chi connectivity index (χ0v) is 9.75. The van der Waals surface area contributed by atoms with Gasteiger partial charge in [-0.3, -0.25) is 0 Å². The molecule has 3 N–H and O–H groups in total. The predicted molar refractivity (Wildman–Crippen MR) is 66.2 cm³/mol. The average molecular weight is 225 g/mol. The monoisotopic (exact) mass is 225 g/mol. The van der Waals surface area contributed by atoms with Crippen LogP contribution in [0, 0.1) is 0 Å². The zero-order valence-electron chi connectivity index (χ0n) is 9.75. The first-order valence-electron chi connectivity index (χ1n) is 5.54. The van der Waals surface area contributed by atoms with Gasteiger partial charge in [0.1, 0.15) is 0 Å². The van der Waals surface area contributed by atoms with Gasteiger partial charge in [-0.2, -0.15) is 0 Å². The van der Waals surface area contributed by atoms with Crippen LogP contribution in [-0.2, 0) is 6.54 Å². The first-order chi connectivity index (χ1) is 7.77. The number of halogens is 1. The first kappa shape index (κ1) is 12.9. The lowest BCUT2D eigenvalue weighted by Gasteiger charge is -2.14. The highest BCUT2D eigenvalue weighted by molar-refractivity contribution is 5.46. The van der Waals surface area contributed by atoms with Crippen molar-refractivity contribution in [2.24, 2.45) is 5.73 Å². The number of benzene rings is 1. The summed E-state index contributed by atoms with van der Waals surface area (Å²) in [6.07, 6.45) is 0.989. The van der Waals surface area contributed by atoms with Crippen LogP contribution in [0.4, 0.5) is 10.1 Å². The van der Waals surface area contributed by atoms with E-state index in [1.807, 2.05) is 24.3 Å². The molecule has 0 aliphatic rings. The van der Waals surface area contributed by atoms with Crippen LogP contribution in [0.15, 0.2) is 24.3 Å². The highest BCUT2D eigenvalue weighted by atomic mass is 19.1. The maximum atomic E-state index is 12.4. The van der Waals surface area contributed by atoms with Gasteiger partial charge in [0, 0.05) is 19.3 Å². The van der Waals surface area contributed by atoms with Gasteiger partial charge in [0.2, 0.25) is 0 Å². The van der Waals surface area contributed by atoms with Gasteiger partial charge in [-0.15, -0.1) is 0 Å². The Hall–Kier alpha value is -1.13. The topological polar surface area (TPSA) is 41.3 Å². The molecule has 1 aromatic carbocycles. The highest BCUT2D eigenvalue weighted by Crippen LogP contribution is 2.13. The first-order valence-corrected chi connectivity index (χ1v) is 5.54. The van der Waals surface area contributed by atoms with Crippen LogP contribution < -0.4 is 16.0 Å². The number of hydrogen-bond donors (Lipinski definition) is 2. The fraction of sp³-hybridized carbons (Fsp3) is 0.500. The molecular formula is C12H20FN3. The van der Waals surface area contributed by atoms with Crippen molar-refractivity contribution in [1.29, 1.82) is 0 Å². The molecule has 0 bridgehead atoms. The van der Waals surface area contributed by atoms with Crippen LogP contribution in [0.25, 0.3) is 0 Å². The summed E-state index contributed by atoms with van der Waals surface area (Å²) in [7, 11) is 1.73. The van der Waals surface area contributed by atoms with Gasteiger partial charge in [0.15, 0.2) is 6.80 Å². The second-order valence-electron chi connectivity index (χ2n) is 3.80. The van der Waals surface area contributed by atoms with Gasteiger partial charge in [-0.05, 0) is 37.2 Å². The van der Waals surface area contributed by atoms with Crippen molar-refractivity contribution in [3.05, 3.63) is 29.8 Å². The summed E-state index contributed by atoms with van der Waals surface area (Å²) in [4.78, 5) is 1.56. The minimum absolute atomic E-state index is 0.464. The Morgan fingerprint density at radius 2 is 2.00 bits per heavy atom. The molecule has 1 aromatic rings. The molecule has 16 heavy (non-hydrogen) atoms. The second kappa shape index (κ2) is 7.19. The van der Waals surface area contributed by atoms with Crippen LogP contribution in [0.5, 0.6) is 0 Å². The van der Waals surface area contributed by atoms with Crippen molar-refractivity contribution in [2.45, 2.75) is 13.0 Å². The Morgan fingerprint density at radius 3 is 2.56 bits per heavy atom. The van der Waals surface area contributed by atoms with Crippen molar-refractivity contribution in [1.82, 2.24) is 5.32 Å². The summed E-state index contributed by atoms with van der Waals surface area (Å²) < 4.78 is 12.4. The van der Waals surface area contributed by atoms with Crippen molar-refractivity contribution >= 4 is 5.69 Å². The molecule has 4 heteroatoms. The van der Waals surface area contributed by atoms with Crippen LogP contribution >= 0.6 is 0 Å². The molecule has 0 atom stereocenters. The Kier molecular flexibility index (Phi) is 5.82. The van der Waals surface area contributed by atoms with E-state index in [-0.39, 0.29) is 0 Å². The molecule has 0 amide bonds. The Balaban J connectivity index is 2.39. The van der Waals surface area contributed by atoms with Gasteiger partial charge in [-0.25, -0.2) is 4.39 Å². The predicted octanol–water partition coefficient (Wildman–Crippen LogP) is 1.49. The van der Waals surface area contributed by atoms with E-state index in [0.29, 0.717) is 6.54 Å². The lowest BCUT2D eigenvalue weighted by molar-refractivity contribution is 0.491. The zero-order chi connectivity index (χ0) is 11.8. The number of nitrogens with one attached hydrogen (secondary N) is 1. The van der Waals surface area contributed by atoms with Gasteiger partial charge in [0.25, 0.3) is 0 Å². The highest BCUT2D eigenvalue weighted by Gasteiger charge is 1.99. The fourth-order valence-electron chi connectivity index (χ4n) is 1.40. The van der Waals surface area contributed by atoms with E-state index in [4.69, 9.17) is 5.73 Å². The fourth-order valence-corrected chi connectivity index (χ4v) is 1.40. The van der Waals surface area contributed by atoms with Crippen LogP contribution in [-0.4, -0.2) is 26.9 Å². The summed E-state index contributed by atoms with van der Waals surface area (Å²) in [6, 6.07) is 7.88. The standard InChI is InChI=1S/C12H20FN3/c1-16(10-13)12-5-3-11(4-6-12)9-15-8-2-7-14/h3-6,15H,2,7-10,14H2,1H3. The smallest absolute Gasteiger partial charge is 0.161 e. The molecule has 0 saturated heterocycles. The van der Waals surface area contributed by atoms with E-state index >= 15 is 0 Å². The normalized spacial score (nSPS) is 10.4. The summed E-state index contributed by atoms with van der Waals surface area (Å²) in [5.74, 6) is 0. The quantitative estimate of drug-likeness (QED) is 0.545. The van der Waals surface area contributed by atoms with Crippen molar-refractivity contribution in [2.75, 3.05) is 31.8 Å². The molecule has 0 unspecified atom stereocenters. The molecule has 3 nitrogen and oxygen atoms in total. The summed E-state index contributed by atoms with van der Waals surface area (Å²) in [6.45, 7) is 2.02. The molecule has 0 radical (unpaired) electrons. The van der Waals surface area contributed by atoms with Crippen molar-refractivity contribution in [3.63, 3.8) is 0 Å². The number of anilines is 1. The SMILES string of the molecule is CN(CF)c1ccc(CNCCCN)cc1. The molecule has 1 rings (SSSR count). The number of alkyl halides is 1. The Morgan fingerprint density at radius 1 is 1.31 bits per heavy atom. The molecular weight excluding hydrogens is 205 g/mol. The van der Waals surface area contributed by atoms with Gasteiger partial charge >= 0.3 is 0 Å². The van der Waals surface area contributed by atoms with Gasteiger partial charge in [0.05, 0.1) is 0 Å². The molecule has 0 aliphatic heterocycles. The minimum atomic E-state index is -0.464. The summed E-state index contributed by atoms with van der Waals surface area (Å²) in [5.41, 5.74) is 7.49. The second-order valence-corrected chi connectivity index (χ2v) is 3.80. The van der Waals surface area contributed by atoms with Crippen LogP contribution in [0.1, 0.15) is 12.0 Å². The largest absolute Gasteiger partial charge is 0.348 e. The maximum Gasteiger partial charge on any atom is 0.161 e. The number of hydrogen-bond acceptors (Lipinski definition) is 3. The Labute approximate surface area is 96.4 Å². The average Bonchev–Trinajstić information content (AvgIpc) is 2.34. The molecule has 0 spiro atoms. The van der Waals surface area contributed by atoms with Crippen LogP contribution in [0.3, 0.4) is 0 Å². The van der Waals surface area contributed by atoms with Crippen molar-refractivity contribution < 1.29 is 4.39 Å². The molecule has 0 aliphatic carbocycles. The van der Waals surface area contributed by atoms with E-state index < -0.39 is 6.80 Å². The van der Waals surface area contributed by atoms with E-state index in [9.17, 15) is 4.39 Å². The van der Waals surface area contributed by atoms with Gasteiger partial charge in [-0.1, -0.05) is 12.1 Å². The van der Waals surface area contributed by atoms with Crippen LogP contribution in [0.2, 0.25) is 0 Å². The third kappa shape index (κ3) is 4.16. The minimum Gasteiger partial charge on any atom is -0.348 e. The van der Waals surface area contributed by atoms with E-state index in [2.05, 4.69) is 5.32 Å². The third-order valence-electron chi connectivity index (χ3n) is 2.44. The molecule has 0 saturated carbocycles. The van der Waals surface area contributed by atoms with E-state index in [1.54, 1.807) is 11.9 Å². The Bertz CT molecular complexity index is 287. The number of nitrogens with two attached hydrogens (primary N) is 1. The van der Waals surface area contributed by atoms with Crippen molar-refractivity contribution in [3.8, 4) is 0 Å². The molecule has 90 valence electrons. The lowest BCUT2D eigenvalue weighted by Crippen LogP contribution is -2.18.